The van der Waals surface area contributed by atoms with Gasteiger partial charge in [-0.15, -0.1) is 0 Å². The van der Waals surface area contributed by atoms with Crippen molar-refractivity contribution in [3.05, 3.63) is 27.3 Å². The zero-order chi connectivity index (χ0) is 13.3. The first-order valence-electron chi connectivity index (χ1n) is 6.01. The highest BCUT2D eigenvalue weighted by atomic mass is 127. The van der Waals surface area contributed by atoms with E-state index in [9.17, 15) is 9.90 Å². The Morgan fingerprint density at radius 3 is 2.61 bits per heavy atom. The average molecular weight is 360 g/mol. The van der Waals surface area contributed by atoms with Crippen molar-refractivity contribution in [3.63, 3.8) is 0 Å². The molecule has 2 N–H and O–H groups in total. The molecule has 1 aliphatic heterocycles. The molecule has 18 heavy (non-hydrogen) atoms. The molecule has 0 spiro atoms. The molecule has 1 aromatic carbocycles. The van der Waals surface area contributed by atoms with Gasteiger partial charge in [-0.25, -0.2) is 0 Å². The summed E-state index contributed by atoms with van der Waals surface area (Å²) in [5.41, 5.74) is 0.392. The van der Waals surface area contributed by atoms with Gasteiger partial charge in [0.1, 0.15) is 5.75 Å². The van der Waals surface area contributed by atoms with Gasteiger partial charge in [0.25, 0.3) is 5.91 Å². The molecule has 0 aromatic heterocycles. The number of hydrogen-bond donors (Lipinski definition) is 2. The number of phenols is 1. The topological polar surface area (TPSA) is 52.6 Å². The fraction of sp³-hybridized carbons (Fsp3) is 0.462. The molecule has 0 radical (unpaired) electrons. The second-order valence-electron chi connectivity index (χ2n) is 4.84. The molecule has 0 bridgehead atoms. The molecule has 1 heterocycles. The predicted octanol–water partition coefficient (Wildman–Crippen LogP) is 1.82. The third kappa shape index (κ3) is 2.95. The van der Waals surface area contributed by atoms with E-state index in [-0.39, 0.29) is 23.7 Å². The maximum absolute atomic E-state index is 12.4. The Bertz CT molecular complexity index is 454. The molecule has 1 amide bonds. The van der Waals surface area contributed by atoms with Gasteiger partial charge in [-0.3, -0.25) is 4.79 Å². The van der Waals surface area contributed by atoms with Gasteiger partial charge in [-0.1, -0.05) is 0 Å². The predicted molar refractivity (Wildman–Crippen MR) is 78.8 cm³/mol. The zero-order valence-corrected chi connectivity index (χ0v) is 12.6. The molecule has 1 saturated heterocycles. The van der Waals surface area contributed by atoms with Crippen LogP contribution in [-0.2, 0) is 0 Å². The van der Waals surface area contributed by atoms with Crippen LogP contribution in [-0.4, -0.2) is 41.1 Å². The Morgan fingerprint density at radius 1 is 1.39 bits per heavy atom. The summed E-state index contributed by atoms with van der Waals surface area (Å²) in [7, 11) is 0. The summed E-state index contributed by atoms with van der Waals surface area (Å²) in [6, 6.07) is 5.65. The molecule has 2 atom stereocenters. The number of rotatable bonds is 1. The van der Waals surface area contributed by atoms with Crippen molar-refractivity contribution in [1.29, 1.82) is 0 Å². The quantitative estimate of drug-likeness (QED) is 0.752. The van der Waals surface area contributed by atoms with Gasteiger partial charge in [0, 0.05) is 28.7 Å². The van der Waals surface area contributed by atoms with Crippen molar-refractivity contribution in [1.82, 2.24) is 10.2 Å². The van der Waals surface area contributed by atoms with Gasteiger partial charge in [-0.05, 0) is 54.6 Å². The first-order valence-corrected chi connectivity index (χ1v) is 7.09. The third-order valence-electron chi connectivity index (χ3n) is 3.03. The summed E-state index contributed by atoms with van der Waals surface area (Å²) < 4.78 is 0.949. The number of nitrogens with one attached hydrogen (secondary N) is 1. The number of hydrogen-bond acceptors (Lipinski definition) is 3. The van der Waals surface area contributed by atoms with E-state index in [1.807, 2.05) is 0 Å². The summed E-state index contributed by atoms with van der Waals surface area (Å²) in [4.78, 5) is 14.2. The Kier molecular flexibility index (Phi) is 4.11. The Labute approximate surface area is 121 Å². The van der Waals surface area contributed by atoms with Crippen LogP contribution in [0, 0.1) is 3.57 Å². The van der Waals surface area contributed by atoms with Crippen molar-refractivity contribution in [2.24, 2.45) is 0 Å². The van der Waals surface area contributed by atoms with Crippen molar-refractivity contribution >= 4 is 28.5 Å². The maximum atomic E-state index is 12.4. The molecule has 1 fully saturated rings. The van der Waals surface area contributed by atoms with Crippen LogP contribution in [0.5, 0.6) is 5.75 Å². The van der Waals surface area contributed by atoms with Crippen LogP contribution < -0.4 is 5.32 Å². The van der Waals surface area contributed by atoms with Crippen molar-refractivity contribution < 1.29 is 9.90 Å². The normalized spacial score (nSPS) is 24.1. The van der Waals surface area contributed by atoms with E-state index in [0.717, 1.165) is 3.57 Å². The van der Waals surface area contributed by atoms with Crippen LogP contribution in [0.3, 0.4) is 0 Å². The summed E-state index contributed by atoms with van der Waals surface area (Å²) in [5.74, 6) is -0.0366. The Balaban J connectivity index is 2.22. The Morgan fingerprint density at radius 2 is 2.00 bits per heavy atom. The molecule has 2 unspecified atom stereocenters. The minimum absolute atomic E-state index is 0.0549. The minimum atomic E-state index is -0.0915. The maximum Gasteiger partial charge on any atom is 0.257 e. The lowest BCUT2D eigenvalue weighted by Crippen LogP contribution is -2.55. The lowest BCUT2D eigenvalue weighted by molar-refractivity contribution is 0.0670. The van der Waals surface area contributed by atoms with Crippen molar-refractivity contribution in [2.75, 3.05) is 13.1 Å². The van der Waals surface area contributed by atoms with E-state index < -0.39 is 0 Å². The minimum Gasteiger partial charge on any atom is -0.507 e. The molecule has 2 rings (SSSR count). The number of aromatic hydroxyl groups is 1. The van der Waals surface area contributed by atoms with Gasteiger partial charge >= 0.3 is 0 Å². The summed E-state index contributed by atoms with van der Waals surface area (Å²) >= 11 is 2.14. The number of benzene rings is 1. The number of halogens is 1. The summed E-state index contributed by atoms with van der Waals surface area (Å²) in [6.07, 6.45) is 0. The molecular weight excluding hydrogens is 343 g/mol. The first kappa shape index (κ1) is 13.6. The van der Waals surface area contributed by atoms with Gasteiger partial charge in [-0.2, -0.15) is 0 Å². The fourth-order valence-electron chi connectivity index (χ4n) is 2.34. The molecule has 4 nitrogen and oxygen atoms in total. The number of carbonyl (C=O) groups excluding carboxylic acids is 1. The SMILES string of the molecule is CC1CN(C(=O)c2cc(I)ccc2O)CC(C)N1. The lowest BCUT2D eigenvalue weighted by Gasteiger charge is -2.36. The molecule has 0 saturated carbocycles. The van der Waals surface area contributed by atoms with Crippen LogP contribution in [0.25, 0.3) is 0 Å². The van der Waals surface area contributed by atoms with Crippen LogP contribution in [0.15, 0.2) is 18.2 Å². The van der Waals surface area contributed by atoms with Crippen LogP contribution in [0.1, 0.15) is 24.2 Å². The number of phenolic OH excluding ortho intramolecular Hbond substituents is 1. The fourth-order valence-corrected chi connectivity index (χ4v) is 2.83. The molecule has 0 aliphatic carbocycles. The van der Waals surface area contributed by atoms with E-state index in [2.05, 4.69) is 41.8 Å². The highest BCUT2D eigenvalue weighted by Crippen LogP contribution is 2.22. The van der Waals surface area contributed by atoms with Gasteiger partial charge in [0.15, 0.2) is 0 Å². The Hall–Kier alpha value is -0.820. The molecule has 5 heteroatoms. The standard InChI is InChI=1S/C13H17IN2O2/c1-8-6-16(7-9(2)15-8)13(18)11-5-10(14)3-4-12(11)17/h3-5,8-9,15,17H,6-7H2,1-2H3. The van der Waals surface area contributed by atoms with E-state index in [4.69, 9.17) is 0 Å². The zero-order valence-electron chi connectivity index (χ0n) is 10.5. The summed E-state index contributed by atoms with van der Waals surface area (Å²) in [5, 5.41) is 13.2. The third-order valence-corrected chi connectivity index (χ3v) is 3.70. The van der Waals surface area contributed by atoms with Crippen LogP contribution in [0.2, 0.25) is 0 Å². The van der Waals surface area contributed by atoms with Crippen molar-refractivity contribution in [3.8, 4) is 5.75 Å². The second kappa shape index (κ2) is 5.44. The largest absolute Gasteiger partial charge is 0.507 e. The van der Waals surface area contributed by atoms with E-state index in [0.29, 0.717) is 18.7 Å². The lowest BCUT2D eigenvalue weighted by atomic mass is 10.1. The number of amides is 1. The molecular formula is C13H17IN2O2. The van der Waals surface area contributed by atoms with E-state index >= 15 is 0 Å². The van der Waals surface area contributed by atoms with Crippen molar-refractivity contribution in [2.45, 2.75) is 25.9 Å². The highest BCUT2D eigenvalue weighted by Gasteiger charge is 2.26. The monoisotopic (exact) mass is 360 g/mol. The highest BCUT2D eigenvalue weighted by molar-refractivity contribution is 14.1. The smallest absolute Gasteiger partial charge is 0.257 e. The van der Waals surface area contributed by atoms with Gasteiger partial charge in [0.2, 0.25) is 0 Å². The molecule has 98 valence electrons. The number of nitrogens with zero attached hydrogens (tertiary/aromatic N) is 1. The van der Waals surface area contributed by atoms with E-state index in [1.54, 1.807) is 23.1 Å². The second-order valence-corrected chi connectivity index (χ2v) is 6.09. The first-order chi connectivity index (χ1) is 8.47. The molecule has 1 aliphatic rings. The average Bonchev–Trinajstić information content (AvgIpc) is 2.30. The van der Waals surface area contributed by atoms with Gasteiger partial charge < -0.3 is 15.3 Å². The summed E-state index contributed by atoms with van der Waals surface area (Å²) in [6.45, 7) is 5.47. The molecule has 1 aromatic rings. The van der Waals surface area contributed by atoms with Crippen LogP contribution in [0.4, 0.5) is 0 Å². The number of carbonyl (C=O) groups is 1. The van der Waals surface area contributed by atoms with Crippen LogP contribution >= 0.6 is 22.6 Å². The van der Waals surface area contributed by atoms with Gasteiger partial charge in [0.05, 0.1) is 5.56 Å². The number of piperazine rings is 1. The van der Waals surface area contributed by atoms with E-state index in [1.165, 1.54) is 0 Å².